The molecule has 1 N–H and O–H groups in total. The van der Waals surface area contributed by atoms with Crippen LogP contribution in [0, 0.1) is 6.92 Å². The molecular weight excluding hydrogens is 204 g/mol. The van der Waals surface area contributed by atoms with Gasteiger partial charge in [0.2, 0.25) is 0 Å². The van der Waals surface area contributed by atoms with Gasteiger partial charge in [-0.05, 0) is 19.9 Å². The van der Waals surface area contributed by atoms with Crippen LogP contribution in [0.15, 0.2) is 16.7 Å². The molecule has 3 rings (SSSR count). The predicted molar refractivity (Wildman–Crippen MR) is 58.9 cm³/mol. The van der Waals surface area contributed by atoms with E-state index in [1.54, 1.807) is 6.26 Å². The fourth-order valence-electron chi connectivity index (χ4n) is 2.11. The first kappa shape index (κ1) is 9.59. The van der Waals surface area contributed by atoms with Crippen molar-refractivity contribution in [2.45, 2.75) is 26.4 Å². The van der Waals surface area contributed by atoms with Gasteiger partial charge >= 0.3 is 0 Å². The van der Waals surface area contributed by atoms with Gasteiger partial charge in [-0.1, -0.05) is 0 Å². The van der Waals surface area contributed by atoms with Crippen LogP contribution in [0.1, 0.15) is 24.6 Å². The molecule has 5 nitrogen and oxygen atoms in total. The first-order valence-electron chi connectivity index (χ1n) is 5.47. The van der Waals surface area contributed by atoms with Gasteiger partial charge in [-0.3, -0.25) is 0 Å². The van der Waals surface area contributed by atoms with Crippen molar-refractivity contribution in [3.63, 3.8) is 0 Å². The quantitative estimate of drug-likeness (QED) is 0.788. The van der Waals surface area contributed by atoms with Crippen LogP contribution in [0.4, 0.5) is 0 Å². The van der Waals surface area contributed by atoms with Crippen LogP contribution in [-0.2, 0) is 6.54 Å². The Kier molecular flexibility index (Phi) is 2.07. The van der Waals surface area contributed by atoms with Crippen molar-refractivity contribution in [2.24, 2.45) is 0 Å². The number of nitrogens with zero attached hydrogens (tertiary/aromatic N) is 3. The number of hydrogen-bond donors (Lipinski definition) is 1. The maximum absolute atomic E-state index is 5.31. The lowest BCUT2D eigenvalue weighted by Gasteiger charge is -2.21. The van der Waals surface area contributed by atoms with Gasteiger partial charge in [0, 0.05) is 13.1 Å². The van der Waals surface area contributed by atoms with E-state index in [1.807, 2.05) is 13.0 Å². The highest BCUT2D eigenvalue weighted by molar-refractivity contribution is 5.54. The normalized spacial score (nSPS) is 19.8. The molecule has 2 aromatic heterocycles. The molecule has 0 aliphatic carbocycles. The van der Waals surface area contributed by atoms with Crippen LogP contribution in [-0.4, -0.2) is 21.3 Å². The number of nitrogens with one attached hydrogen (secondary N) is 1. The lowest BCUT2D eigenvalue weighted by molar-refractivity contribution is 0.439. The molecule has 84 valence electrons. The molecule has 2 aromatic rings. The highest BCUT2D eigenvalue weighted by atomic mass is 16.3. The Balaban J connectivity index is 2.09. The van der Waals surface area contributed by atoms with Gasteiger partial charge in [0.15, 0.2) is 5.82 Å². The monoisotopic (exact) mass is 218 g/mol. The molecule has 5 heteroatoms. The summed E-state index contributed by atoms with van der Waals surface area (Å²) in [6.45, 7) is 5.90. The first-order chi connectivity index (χ1) is 7.75. The summed E-state index contributed by atoms with van der Waals surface area (Å²) < 4.78 is 7.47. The minimum absolute atomic E-state index is 0.267. The summed E-state index contributed by atoms with van der Waals surface area (Å²) in [5.41, 5.74) is 1.00. The average molecular weight is 218 g/mol. The van der Waals surface area contributed by atoms with Gasteiger partial charge in [-0.2, -0.15) is 0 Å². The van der Waals surface area contributed by atoms with Gasteiger partial charge in [-0.15, -0.1) is 10.2 Å². The predicted octanol–water partition coefficient (Wildman–Crippen LogP) is 1.51. The zero-order valence-electron chi connectivity index (χ0n) is 9.40. The Morgan fingerprint density at radius 2 is 2.38 bits per heavy atom. The van der Waals surface area contributed by atoms with Crippen molar-refractivity contribution in [3.05, 3.63) is 23.9 Å². The Labute approximate surface area is 93.5 Å². The lowest BCUT2D eigenvalue weighted by atomic mass is 10.2. The van der Waals surface area contributed by atoms with E-state index in [0.29, 0.717) is 0 Å². The molecule has 0 spiro atoms. The zero-order valence-corrected chi connectivity index (χ0v) is 9.40. The second-order valence-electron chi connectivity index (χ2n) is 4.16. The molecule has 1 aliphatic heterocycles. The van der Waals surface area contributed by atoms with Crippen molar-refractivity contribution in [1.82, 2.24) is 20.1 Å². The van der Waals surface area contributed by atoms with Gasteiger partial charge in [-0.25, -0.2) is 0 Å². The summed E-state index contributed by atoms with van der Waals surface area (Å²) in [5, 5.41) is 11.8. The minimum atomic E-state index is 0.267. The molecule has 0 saturated heterocycles. The first-order valence-corrected chi connectivity index (χ1v) is 5.47. The summed E-state index contributed by atoms with van der Waals surface area (Å²) in [6, 6.07) is 2.26. The van der Waals surface area contributed by atoms with Crippen LogP contribution in [0.2, 0.25) is 0 Å². The van der Waals surface area contributed by atoms with Crippen molar-refractivity contribution < 1.29 is 4.42 Å². The van der Waals surface area contributed by atoms with E-state index in [-0.39, 0.29) is 6.04 Å². The fraction of sp³-hybridized carbons (Fsp3) is 0.455. The largest absolute Gasteiger partial charge is 0.469 e. The number of aryl methyl sites for hydroxylation is 1. The van der Waals surface area contributed by atoms with Gasteiger partial charge in [0.25, 0.3) is 0 Å². The molecule has 1 unspecified atom stereocenters. The average Bonchev–Trinajstić information content (AvgIpc) is 2.84. The van der Waals surface area contributed by atoms with E-state index in [4.69, 9.17) is 4.42 Å². The standard InChI is InChI=1S/C11H14N4O/c1-7-5-9(6-16-7)11-14-13-10-8(2)12-3-4-15(10)11/h5-6,8,12H,3-4H2,1-2H3. The Bertz CT molecular complexity index is 514. The SMILES string of the molecule is Cc1cc(-c2nnc3n2CCNC3C)co1. The number of furan rings is 1. The molecule has 16 heavy (non-hydrogen) atoms. The smallest absolute Gasteiger partial charge is 0.167 e. The Morgan fingerprint density at radius 1 is 1.50 bits per heavy atom. The molecule has 0 aromatic carbocycles. The third-order valence-electron chi connectivity index (χ3n) is 2.94. The molecule has 1 atom stereocenters. The number of rotatable bonds is 1. The molecule has 0 bridgehead atoms. The number of hydrogen-bond acceptors (Lipinski definition) is 4. The second kappa shape index (κ2) is 3.45. The minimum Gasteiger partial charge on any atom is -0.469 e. The van der Waals surface area contributed by atoms with Crippen LogP contribution in [0.25, 0.3) is 11.4 Å². The molecule has 0 radical (unpaired) electrons. The van der Waals surface area contributed by atoms with Crippen LogP contribution < -0.4 is 5.32 Å². The topological polar surface area (TPSA) is 55.9 Å². The van der Waals surface area contributed by atoms with Gasteiger partial charge in [0.1, 0.15) is 17.8 Å². The van der Waals surface area contributed by atoms with E-state index in [9.17, 15) is 0 Å². The van der Waals surface area contributed by atoms with E-state index in [1.165, 1.54) is 0 Å². The van der Waals surface area contributed by atoms with Crippen molar-refractivity contribution >= 4 is 0 Å². The summed E-state index contributed by atoms with van der Waals surface area (Å²) in [6.07, 6.45) is 1.74. The third kappa shape index (κ3) is 1.36. The maximum atomic E-state index is 5.31. The maximum Gasteiger partial charge on any atom is 0.167 e. The number of fused-ring (bicyclic) bond motifs is 1. The van der Waals surface area contributed by atoms with Crippen LogP contribution in [0.3, 0.4) is 0 Å². The summed E-state index contributed by atoms with van der Waals surface area (Å²) in [7, 11) is 0. The zero-order chi connectivity index (χ0) is 11.1. The number of aromatic nitrogens is 3. The molecule has 0 amide bonds. The van der Waals surface area contributed by atoms with E-state index < -0.39 is 0 Å². The lowest BCUT2D eigenvalue weighted by Crippen LogP contribution is -2.32. The van der Waals surface area contributed by atoms with Gasteiger partial charge in [0.05, 0.1) is 11.6 Å². The highest BCUT2D eigenvalue weighted by Gasteiger charge is 2.22. The van der Waals surface area contributed by atoms with Crippen molar-refractivity contribution in [3.8, 4) is 11.4 Å². The summed E-state index contributed by atoms with van der Waals surface area (Å²) >= 11 is 0. The van der Waals surface area contributed by atoms with Crippen molar-refractivity contribution in [2.75, 3.05) is 6.54 Å². The van der Waals surface area contributed by atoms with Gasteiger partial charge < -0.3 is 14.3 Å². The molecule has 0 fully saturated rings. The van der Waals surface area contributed by atoms with Crippen molar-refractivity contribution in [1.29, 1.82) is 0 Å². The molecule has 1 aliphatic rings. The van der Waals surface area contributed by atoms with E-state index in [0.717, 1.165) is 36.1 Å². The summed E-state index contributed by atoms with van der Waals surface area (Å²) in [4.78, 5) is 0. The van der Waals surface area contributed by atoms with E-state index in [2.05, 4.69) is 27.0 Å². The molecule has 3 heterocycles. The summed E-state index contributed by atoms with van der Waals surface area (Å²) in [5.74, 6) is 2.80. The Hall–Kier alpha value is -1.62. The van der Waals surface area contributed by atoms with Crippen LogP contribution >= 0.6 is 0 Å². The highest BCUT2D eigenvalue weighted by Crippen LogP contribution is 2.24. The Morgan fingerprint density at radius 3 is 3.12 bits per heavy atom. The second-order valence-corrected chi connectivity index (χ2v) is 4.16. The fourth-order valence-corrected chi connectivity index (χ4v) is 2.11. The molecular formula is C11H14N4O. The van der Waals surface area contributed by atoms with E-state index >= 15 is 0 Å². The van der Waals surface area contributed by atoms with Crippen LogP contribution in [0.5, 0.6) is 0 Å². The third-order valence-corrected chi connectivity index (χ3v) is 2.94. The molecule has 0 saturated carbocycles.